The number of fused-ring (bicyclic) bond motifs is 1. The van der Waals surface area contributed by atoms with Crippen LogP contribution in [-0.2, 0) is 9.59 Å². The number of urea groups is 1. The van der Waals surface area contributed by atoms with Gasteiger partial charge in [0.05, 0.1) is 11.3 Å². The molecule has 0 bridgehead atoms. The number of nitrogens with one attached hydrogen (secondary N) is 1. The summed E-state index contributed by atoms with van der Waals surface area (Å²) in [5, 5.41) is 1.85. The number of hydrogen-bond donors (Lipinski definition) is 2. The van der Waals surface area contributed by atoms with Crippen molar-refractivity contribution in [2.45, 2.75) is 6.92 Å². The van der Waals surface area contributed by atoms with Crippen LogP contribution in [0.5, 0.6) is 0 Å². The number of nitrogens with two attached hydrogens (primary N) is 1. The molecule has 0 saturated carbocycles. The quantitative estimate of drug-likeness (QED) is 0.763. The van der Waals surface area contributed by atoms with Crippen molar-refractivity contribution >= 4 is 45.2 Å². The predicted octanol–water partition coefficient (Wildman–Crippen LogP) is 0.482. The zero-order chi connectivity index (χ0) is 15.0. The second-order valence-corrected chi connectivity index (χ2v) is 5.17. The average Bonchev–Trinajstić information content (AvgIpc) is 2.53. The number of carbonyl (C=O) groups is 4. The molecule has 0 fully saturated rings. The lowest BCUT2D eigenvalue weighted by Gasteiger charge is -2.17. The third kappa shape index (κ3) is 2.42. The van der Waals surface area contributed by atoms with Crippen molar-refractivity contribution in [1.29, 1.82) is 0 Å². The molecule has 4 amide bonds. The first-order valence-electron chi connectivity index (χ1n) is 5.57. The average molecular weight is 340 g/mol. The number of benzene rings is 1. The highest BCUT2D eigenvalue weighted by Gasteiger charge is 2.38. The molecule has 1 aliphatic rings. The van der Waals surface area contributed by atoms with E-state index in [-0.39, 0.29) is 5.56 Å². The molecule has 0 aliphatic carbocycles. The van der Waals surface area contributed by atoms with Gasteiger partial charge in [-0.25, -0.2) is 4.79 Å². The number of imide groups is 1. The number of aryl methyl sites for hydroxylation is 1. The topological polar surface area (TPSA) is 110 Å². The van der Waals surface area contributed by atoms with Gasteiger partial charge in [-0.15, -0.1) is 0 Å². The Kier molecular flexibility index (Phi) is 3.58. The molecule has 1 aromatic rings. The van der Waals surface area contributed by atoms with Crippen LogP contribution < -0.4 is 16.0 Å². The summed E-state index contributed by atoms with van der Waals surface area (Å²) in [6.07, 6.45) is 0. The molecule has 104 valence electrons. The Hall–Kier alpha value is -2.22. The van der Waals surface area contributed by atoms with Gasteiger partial charge < -0.3 is 5.73 Å². The van der Waals surface area contributed by atoms with Gasteiger partial charge in [0.15, 0.2) is 0 Å². The first kappa shape index (κ1) is 14.2. The summed E-state index contributed by atoms with van der Waals surface area (Å²) in [6, 6.07) is 2.24. The number of hydrogen-bond acceptors (Lipinski definition) is 4. The number of halogens is 1. The van der Waals surface area contributed by atoms with Crippen molar-refractivity contribution in [3.05, 3.63) is 27.7 Å². The Bertz CT molecular complexity index is 656. The molecular weight excluding hydrogens is 330 g/mol. The number of amides is 4. The van der Waals surface area contributed by atoms with E-state index in [1.54, 1.807) is 13.0 Å². The van der Waals surface area contributed by atoms with Gasteiger partial charge in [-0.1, -0.05) is 15.9 Å². The number of ketones is 1. The number of carbonyl (C=O) groups excluding carboxylic acids is 4. The molecule has 0 saturated heterocycles. The smallest absolute Gasteiger partial charge is 0.318 e. The lowest BCUT2D eigenvalue weighted by Crippen LogP contribution is -2.44. The zero-order valence-electron chi connectivity index (χ0n) is 10.4. The first-order valence-corrected chi connectivity index (χ1v) is 6.36. The molecule has 1 heterocycles. The second-order valence-electron chi connectivity index (χ2n) is 4.25. The summed E-state index contributed by atoms with van der Waals surface area (Å²) in [6.45, 7) is 1.28. The van der Waals surface area contributed by atoms with Crippen molar-refractivity contribution in [1.82, 2.24) is 5.32 Å². The second kappa shape index (κ2) is 5.04. The van der Waals surface area contributed by atoms with Crippen LogP contribution in [0.2, 0.25) is 0 Å². The summed E-state index contributed by atoms with van der Waals surface area (Å²) >= 11 is 3.24. The van der Waals surface area contributed by atoms with Gasteiger partial charge in [0.25, 0.3) is 11.7 Å². The van der Waals surface area contributed by atoms with Crippen molar-refractivity contribution in [3.63, 3.8) is 0 Å². The summed E-state index contributed by atoms with van der Waals surface area (Å²) < 4.78 is 0.665. The van der Waals surface area contributed by atoms with Crippen LogP contribution in [-0.4, -0.2) is 30.2 Å². The van der Waals surface area contributed by atoms with Gasteiger partial charge in [-0.2, -0.15) is 0 Å². The van der Waals surface area contributed by atoms with Crippen LogP contribution in [0.1, 0.15) is 15.9 Å². The molecule has 0 aromatic heterocycles. The fourth-order valence-electron chi connectivity index (χ4n) is 2.08. The van der Waals surface area contributed by atoms with Gasteiger partial charge >= 0.3 is 6.03 Å². The number of rotatable bonds is 2. The van der Waals surface area contributed by atoms with E-state index in [1.165, 1.54) is 6.07 Å². The largest absolute Gasteiger partial charge is 0.351 e. The van der Waals surface area contributed by atoms with Gasteiger partial charge in [0.2, 0.25) is 5.91 Å². The molecule has 7 nitrogen and oxygen atoms in total. The molecule has 0 atom stereocenters. The summed E-state index contributed by atoms with van der Waals surface area (Å²) in [5.41, 5.74) is 6.10. The van der Waals surface area contributed by atoms with E-state index in [4.69, 9.17) is 5.73 Å². The number of nitrogens with zero attached hydrogens (tertiary/aromatic N) is 1. The van der Waals surface area contributed by atoms with Crippen LogP contribution in [0.25, 0.3) is 0 Å². The maximum atomic E-state index is 11.9. The van der Waals surface area contributed by atoms with Gasteiger partial charge in [0.1, 0.15) is 6.54 Å². The lowest BCUT2D eigenvalue weighted by atomic mass is 10.1. The van der Waals surface area contributed by atoms with E-state index in [0.29, 0.717) is 15.7 Å². The van der Waals surface area contributed by atoms with E-state index >= 15 is 0 Å². The van der Waals surface area contributed by atoms with E-state index in [1.807, 2.05) is 5.32 Å². The third-order valence-corrected chi connectivity index (χ3v) is 3.24. The Morgan fingerprint density at radius 2 is 2.00 bits per heavy atom. The lowest BCUT2D eigenvalue weighted by molar-refractivity contribution is -0.121. The summed E-state index contributed by atoms with van der Waals surface area (Å²) in [5.74, 6) is -2.24. The molecular formula is C12H10BrN3O4. The number of primary amides is 1. The number of anilines is 1. The van der Waals surface area contributed by atoms with Gasteiger partial charge in [-0.05, 0) is 24.6 Å². The van der Waals surface area contributed by atoms with Crippen LogP contribution in [0, 0.1) is 6.92 Å². The van der Waals surface area contributed by atoms with Crippen LogP contribution >= 0.6 is 15.9 Å². The van der Waals surface area contributed by atoms with E-state index in [9.17, 15) is 19.2 Å². The van der Waals surface area contributed by atoms with Crippen LogP contribution in [0.4, 0.5) is 10.5 Å². The Labute approximate surface area is 122 Å². The Balaban J connectivity index is 2.38. The minimum atomic E-state index is -1.01. The fourth-order valence-corrected chi connectivity index (χ4v) is 2.65. The van der Waals surface area contributed by atoms with Crippen molar-refractivity contribution < 1.29 is 19.2 Å². The summed E-state index contributed by atoms with van der Waals surface area (Å²) in [7, 11) is 0. The molecule has 0 unspecified atom stereocenters. The fraction of sp³-hybridized carbons (Fsp3) is 0.167. The highest BCUT2D eigenvalue weighted by molar-refractivity contribution is 9.10. The standard InChI is InChI=1S/C12H10BrN3O4/c1-5-2-6(13)3-7-9(5)16(11(19)10(7)18)4-8(17)15-12(14)20/h2-3H,4H2,1H3,(H3,14,15,17,20). The molecule has 1 aliphatic heterocycles. The SMILES string of the molecule is Cc1cc(Br)cc2c1N(CC(=O)NC(N)=O)C(=O)C2=O. The van der Waals surface area contributed by atoms with E-state index < -0.39 is 30.2 Å². The molecule has 1 aromatic carbocycles. The summed E-state index contributed by atoms with van der Waals surface area (Å²) in [4.78, 5) is 47.0. The highest BCUT2D eigenvalue weighted by Crippen LogP contribution is 2.34. The molecule has 3 N–H and O–H groups in total. The van der Waals surface area contributed by atoms with Crippen LogP contribution in [0.15, 0.2) is 16.6 Å². The van der Waals surface area contributed by atoms with Crippen LogP contribution in [0.3, 0.4) is 0 Å². The predicted molar refractivity (Wildman–Crippen MR) is 73.3 cm³/mol. The Morgan fingerprint density at radius 3 is 2.60 bits per heavy atom. The maximum absolute atomic E-state index is 11.9. The van der Waals surface area contributed by atoms with Gasteiger partial charge in [0, 0.05) is 4.47 Å². The molecule has 0 radical (unpaired) electrons. The van der Waals surface area contributed by atoms with E-state index in [0.717, 1.165) is 4.90 Å². The number of Topliss-reactive ketones (excluding diaryl/α,β-unsaturated/α-hetero) is 1. The monoisotopic (exact) mass is 339 g/mol. The molecule has 20 heavy (non-hydrogen) atoms. The maximum Gasteiger partial charge on any atom is 0.318 e. The van der Waals surface area contributed by atoms with Crippen molar-refractivity contribution in [3.8, 4) is 0 Å². The van der Waals surface area contributed by atoms with Gasteiger partial charge in [-0.3, -0.25) is 24.6 Å². The normalized spacial score (nSPS) is 13.4. The third-order valence-electron chi connectivity index (χ3n) is 2.78. The molecule has 8 heteroatoms. The van der Waals surface area contributed by atoms with E-state index in [2.05, 4.69) is 15.9 Å². The molecule has 2 rings (SSSR count). The highest BCUT2D eigenvalue weighted by atomic mass is 79.9. The Morgan fingerprint density at radius 1 is 1.35 bits per heavy atom. The zero-order valence-corrected chi connectivity index (χ0v) is 12.0. The first-order chi connectivity index (χ1) is 9.31. The van der Waals surface area contributed by atoms with Crippen molar-refractivity contribution in [2.75, 3.05) is 11.4 Å². The minimum Gasteiger partial charge on any atom is -0.351 e. The molecule has 0 spiro atoms. The van der Waals surface area contributed by atoms with Crippen molar-refractivity contribution in [2.24, 2.45) is 5.73 Å². The minimum absolute atomic E-state index is 0.230.